The standard InChI is InChI=1S/C26H16F5NO3/c1-12-18(34-11-16-20(27)22(29)24(31)23(30)21(16)28)8-7-15-25(33)19(35-26(12)15)9-13-10-32(2)17-6-4-3-5-14(13)17/h3-10H,11H2,1-2H3/b19-9-. The minimum Gasteiger partial charge on any atom is -0.488 e. The molecule has 0 aliphatic carbocycles. The van der Waals surface area contributed by atoms with Crippen LogP contribution in [0.1, 0.15) is 27.0 Å². The Labute approximate surface area is 195 Å². The fraction of sp³-hybridized carbons (Fsp3) is 0.115. The molecule has 0 spiro atoms. The number of nitrogens with zero attached hydrogens (tertiary/aromatic N) is 1. The minimum atomic E-state index is -2.24. The van der Waals surface area contributed by atoms with E-state index in [1.807, 2.05) is 42.1 Å². The van der Waals surface area contributed by atoms with Gasteiger partial charge in [0.15, 0.2) is 29.0 Å². The number of carbonyl (C=O) groups is 1. The molecule has 2 heterocycles. The first kappa shape index (κ1) is 22.6. The number of allylic oxidation sites excluding steroid dienone is 1. The first-order valence-electron chi connectivity index (χ1n) is 10.4. The zero-order valence-electron chi connectivity index (χ0n) is 18.4. The summed E-state index contributed by atoms with van der Waals surface area (Å²) in [5.41, 5.74) is 1.25. The van der Waals surface area contributed by atoms with Crippen molar-refractivity contribution in [2.45, 2.75) is 13.5 Å². The van der Waals surface area contributed by atoms with E-state index in [0.717, 1.165) is 16.5 Å². The number of aromatic nitrogens is 1. The maximum Gasteiger partial charge on any atom is 0.231 e. The summed E-state index contributed by atoms with van der Waals surface area (Å²) in [5, 5.41) is 0.929. The van der Waals surface area contributed by atoms with Crippen LogP contribution >= 0.6 is 0 Å². The van der Waals surface area contributed by atoms with Crippen LogP contribution < -0.4 is 9.47 Å². The monoisotopic (exact) mass is 485 g/mol. The van der Waals surface area contributed by atoms with Gasteiger partial charge in [-0.15, -0.1) is 0 Å². The van der Waals surface area contributed by atoms with Gasteiger partial charge in [0, 0.05) is 35.3 Å². The van der Waals surface area contributed by atoms with Crippen LogP contribution in [0.3, 0.4) is 0 Å². The van der Waals surface area contributed by atoms with Gasteiger partial charge in [0.1, 0.15) is 18.1 Å². The van der Waals surface area contributed by atoms with E-state index in [2.05, 4.69) is 0 Å². The highest BCUT2D eigenvalue weighted by Gasteiger charge is 2.31. The van der Waals surface area contributed by atoms with E-state index >= 15 is 0 Å². The molecule has 1 aliphatic rings. The molecule has 0 amide bonds. The summed E-state index contributed by atoms with van der Waals surface area (Å²) in [5.74, 6) is -10.3. The average Bonchev–Trinajstić information content (AvgIpc) is 3.35. The summed E-state index contributed by atoms with van der Waals surface area (Å²) < 4.78 is 81.2. The maximum atomic E-state index is 14.0. The molecule has 35 heavy (non-hydrogen) atoms. The van der Waals surface area contributed by atoms with Gasteiger partial charge >= 0.3 is 0 Å². The van der Waals surface area contributed by atoms with Crippen molar-refractivity contribution in [2.75, 3.05) is 0 Å². The number of Topliss-reactive ketones (excluding diaryl/α,β-unsaturated/α-hetero) is 1. The van der Waals surface area contributed by atoms with E-state index in [1.54, 1.807) is 13.0 Å². The lowest BCUT2D eigenvalue weighted by Crippen LogP contribution is -2.10. The minimum absolute atomic E-state index is 0.0619. The summed E-state index contributed by atoms with van der Waals surface area (Å²) in [4.78, 5) is 12.9. The van der Waals surface area contributed by atoms with Gasteiger partial charge in [0.2, 0.25) is 11.6 Å². The fourth-order valence-electron chi connectivity index (χ4n) is 4.08. The van der Waals surface area contributed by atoms with Crippen molar-refractivity contribution in [1.82, 2.24) is 4.57 Å². The van der Waals surface area contributed by atoms with Gasteiger partial charge in [0.25, 0.3) is 0 Å². The normalized spacial score (nSPS) is 14.0. The summed E-state index contributed by atoms with van der Waals surface area (Å²) in [6.45, 7) is 0.638. The molecular formula is C26H16F5NO3. The molecule has 3 aromatic carbocycles. The quantitative estimate of drug-likeness (QED) is 0.146. The van der Waals surface area contributed by atoms with Crippen molar-refractivity contribution in [3.05, 3.63) is 99.7 Å². The molecule has 0 N–H and O–H groups in total. The largest absolute Gasteiger partial charge is 0.488 e. The van der Waals surface area contributed by atoms with Gasteiger partial charge in [-0.2, -0.15) is 0 Å². The van der Waals surface area contributed by atoms with Crippen LogP contribution in [0.5, 0.6) is 11.5 Å². The number of benzene rings is 3. The fourth-order valence-corrected chi connectivity index (χ4v) is 4.08. The molecule has 0 fully saturated rings. The van der Waals surface area contributed by atoms with E-state index in [9.17, 15) is 26.7 Å². The molecule has 0 unspecified atom stereocenters. The van der Waals surface area contributed by atoms with Crippen molar-refractivity contribution in [1.29, 1.82) is 0 Å². The van der Waals surface area contributed by atoms with E-state index in [-0.39, 0.29) is 28.6 Å². The molecular weight excluding hydrogens is 469 g/mol. The lowest BCUT2D eigenvalue weighted by atomic mass is 10.1. The first-order valence-corrected chi connectivity index (χ1v) is 10.4. The molecule has 0 saturated heterocycles. The zero-order chi connectivity index (χ0) is 25.0. The second-order valence-electron chi connectivity index (χ2n) is 8.05. The second kappa shape index (κ2) is 8.26. The average molecular weight is 485 g/mol. The highest BCUT2D eigenvalue weighted by atomic mass is 19.2. The molecule has 5 rings (SSSR count). The Morgan fingerprint density at radius 1 is 0.943 bits per heavy atom. The maximum absolute atomic E-state index is 14.0. The van der Waals surface area contributed by atoms with Crippen LogP contribution in [0.15, 0.2) is 48.4 Å². The predicted octanol–water partition coefficient (Wildman–Crippen LogP) is 6.38. The van der Waals surface area contributed by atoms with Crippen molar-refractivity contribution in [3.63, 3.8) is 0 Å². The number of hydrogen-bond donors (Lipinski definition) is 0. The zero-order valence-corrected chi connectivity index (χ0v) is 18.4. The summed E-state index contributed by atoms with van der Waals surface area (Å²) in [6.07, 6.45) is 3.49. The molecule has 178 valence electrons. The lowest BCUT2D eigenvalue weighted by molar-refractivity contribution is 0.101. The van der Waals surface area contributed by atoms with E-state index < -0.39 is 41.3 Å². The van der Waals surface area contributed by atoms with Gasteiger partial charge in [-0.1, -0.05) is 18.2 Å². The van der Waals surface area contributed by atoms with Gasteiger partial charge < -0.3 is 14.0 Å². The third-order valence-electron chi connectivity index (χ3n) is 5.92. The number of para-hydroxylation sites is 1. The van der Waals surface area contributed by atoms with Crippen LogP contribution in [0.4, 0.5) is 22.0 Å². The third kappa shape index (κ3) is 3.54. The highest BCUT2D eigenvalue weighted by molar-refractivity contribution is 6.15. The van der Waals surface area contributed by atoms with Crippen LogP contribution in [0.25, 0.3) is 17.0 Å². The van der Waals surface area contributed by atoms with E-state index in [4.69, 9.17) is 9.47 Å². The predicted molar refractivity (Wildman–Crippen MR) is 118 cm³/mol. The number of ether oxygens (including phenoxy) is 2. The van der Waals surface area contributed by atoms with Crippen LogP contribution in [0.2, 0.25) is 0 Å². The van der Waals surface area contributed by atoms with E-state index in [0.29, 0.717) is 5.56 Å². The SMILES string of the molecule is Cc1c(OCc2c(F)c(F)c(F)c(F)c2F)ccc2c1O/C(=C\c1cn(C)c3ccccc13)C2=O. The van der Waals surface area contributed by atoms with E-state index in [1.165, 1.54) is 12.1 Å². The Bertz CT molecular complexity index is 1540. The first-order chi connectivity index (χ1) is 16.7. The molecule has 4 aromatic rings. The number of hydrogen-bond acceptors (Lipinski definition) is 3. The van der Waals surface area contributed by atoms with Gasteiger partial charge in [-0.3, -0.25) is 4.79 Å². The Balaban J connectivity index is 1.45. The van der Waals surface area contributed by atoms with Gasteiger partial charge in [-0.25, -0.2) is 22.0 Å². The summed E-state index contributed by atoms with van der Waals surface area (Å²) in [6, 6.07) is 10.5. The van der Waals surface area contributed by atoms with Gasteiger partial charge in [0.05, 0.1) is 11.1 Å². The number of carbonyl (C=O) groups excluding carboxylic acids is 1. The third-order valence-corrected chi connectivity index (χ3v) is 5.92. The van der Waals surface area contributed by atoms with Crippen molar-refractivity contribution in [2.24, 2.45) is 7.05 Å². The van der Waals surface area contributed by atoms with Gasteiger partial charge in [-0.05, 0) is 31.2 Å². The van der Waals surface area contributed by atoms with Crippen LogP contribution in [-0.4, -0.2) is 10.4 Å². The number of rotatable bonds is 4. The molecule has 0 radical (unpaired) electrons. The lowest BCUT2D eigenvalue weighted by Gasteiger charge is -2.13. The molecule has 9 heteroatoms. The summed E-state index contributed by atoms with van der Waals surface area (Å²) in [7, 11) is 1.88. The molecule has 4 nitrogen and oxygen atoms in total. The molecule has 0 atom stereocenters. The number of halogens is 5. The van der Waals surface area contributed by atoms with Crippen LogP contribution in [-0.2, 0) is 13.7 Å². The number of ketones is 1. The summed E-state index contributed by atoms with van der Waals surface area (Å²) >= 11 is 0. The van der Waals surface area contributed by atoms with Crippen LogP contribution in [0, 0.1) is 36.0 Å². The molecule has 1 aromatic heterocycles. The van der Waals surface area contributed by atoms with Crippen molar-refractivity contribution >= 4 is 22.8 Å². The number of aryl methyl sites for hydroxylation is 1. The second-order valence-corrected chi connectivity index (χ2v) is 8.05. The van der Waals surface area contributed by atoms with Crippen molar-refractivity contribution < 1.29 is 36.2 Å². The topological polar surface area (TPSA) is 40.5 Å². The van der Waals surface area contributed by atoms with Crippen molar-refractivity contribution in [3.8, 4) is 11.5 Å². The smallest absolute Gasteiger partial charge is 0.231 e. The Morgan fingerprint density at radius 2 is 1.60 bits per heavy atom. The molecule has 0 bridgehead atoms. The Kier molecular flexibility index (Phi) is 5.35. The molecule has 0 saturated carbocycles. The highest BCUT2D eigenvalue weighted by Crippen LogP contribution is 2.40. The Morgan fingerprint density at radius 3 is 2.31 bits per heavy atom. The Hall–Kier alpha value is -4.14. The number of fused-ring (bicyclic) bond motifs is 2. The molecule has 1 aliphatic heterocycles.